The topological polar surface area (TPSA) is 70.4 Å². The maximum atomic E-state index is 13.0. The number of amides is 1. The van der Waals surface area contributed by atoms with Gasteiger partial charge >= 0.3 is 0 Å². The Balaban J connectivity index is 1.44. The van der Waals surface area contributed by atoms with Crippen molar-refractivity contribution in [1.29, 1.82) is 0 Å². The Bertz CT molecular complexity index is 1080. The summed E-state index contributed by atoms with van der Waals surface area (Å²) in [6.07, 6.45) is 8.40. The number of hydrogen-bond acceptors (Lipinski definition) is 4. The first-order valence-corrected chi connectivity index (χ1v) is 11.5. The van der Waals surface area contributed by atoms with E-state index in [1.54, 1.807) is 0 Å². The molecule has 5 heteroatoms. The molecule has 0 radical (unpaired) electrons. The van der Waals surface area contributed by atoms with Crippen molar-refractivity contribution in [1.82, 2.24) is 10.2 Å². The minimum atomic E-state index is -0.0579. The van der Waals surface area contributed by atoms with Gasteiger partial charge in [0.2, 0.25) is 0 Å². The summed E-state index contributed by atoms with van der Waals surface area (Å²) in [4.78, 5) is 15.5. The van der Waals surface area contributed by atoms with Gasteiger partial charge in [-0.15, -0.1) is 0 Å². The number of rotatable bonds is 5. The number of carbonyl (C=O) groups is 1. The van der Waals surface area contributed by atoms with Gasteiger partial charge in [-0.2, -0.15) is 0 Å². The van der Waals surface area contributed by atoms with Crippen molar-refractivity contribution in [3.8, 4) is 0 Å². The second-order valence-corrected chi connectivity index (χ2v) is 8.89. The van der Waals surface area contributed by atoms with Crippen LogP contribution >= 0.6 is 0 Å². The summed E-state index contributed by atoms with van der Waals surface area (Å²) in [6.45, 7) is 3.37. The smallest absolute Gasteiger partial charge is 0.254 e. The van der Waals surface area contributed by atoms with E-state index in [9.17, 15) is 4.79 Å². The first-order valence-electron chi connectivity index (χ1n) is 11.5. The number of likely N-dealkylation sites (tertiary alicyclic amines) is 1. The van der Waals surface area contributed by atoms with Gasteiger partial charge in [0.05, 0.1) is 11.3 Å². The Morgan fingerprint density at radius 3 is 2.50 bits per heavy atom. The Morgan fingerprint density at radius 2 is 1.75 bits per heavy atom. The lowest BCUT2D eigenvalue weighted by Gasteiger charge is -2.26. The number of nitrogens with zero attached hydrogens (tertiary/aromatic N) is 1. The average molecular weight is 427 g/mol. The van der Waals surface area contributed by atoms with Gasteiger partial charge in [-0.1, -0.05) is 48.9 Å². The molecule has 0 spiro atoms. The van der Waals surface area contributed by atoms with Crippen molar-refractivity contribution in [2.75, 3.05) is 18.4 Å². The number of nitrogens with two attached hydrogens (primary N) is 1. The quantitative estimate of drug-likeness (QED) is 0.621. The van der Waals surface area contributed by atoms with Crippen molar-refractivity contribution in [3.63, 3.8) is 0 Å². The molecule has 2 heterocycles. The molecule has 0 aromatic heterocycles. The predicted molar refractivity (Wildman–Crippen MR) is 129 cm³/mol. The molecule has 2 aliphatic heterocycles. The van der Waals surface area contributed by atoms with Crippen LogP contribution in [0.5, 0.6) is 0 Å². The molecular formula is C27H30N4O. The molecule has 1 amide bonds. The fourth-order valence-electron chi connectivity index (χ4n) is 4.87. The van der Waals surface area contributed by atoms with Crippen LogP contribution in [-0.2, 0) is 11.3 Å². The second kappa shape index (κ2) is 9.05. The Labute approximate surface area is 189 Å². The normalized spacial score (nSPS) is 22.5. The van der Waals surface area contributed by atoms with E-state index in [1.807, 2.05) is 42.5 Å². The molecule has 1 unspecified atom stereocenters. The zero-order valence-corrected chi connectivity index (χ0v) is 18.3. The number of benzene rings is 2. The first kappa shape index (κ1) is 20.6. The minimum Gasteiger partial charge on any atom is -0.402 e. The lowest BCUT2D eigenvalue weighted by Crippen LogP contribution is -2.29. The van der Waals surface area contributed by atoms with Crippen LogP contribution in [0.3, 0.4) is 0 Å². The predicted octanol–water partition coefficient (Wildman–Crippen LogP) is 4.37. The molecule has 2 fully saturated rings. The van der Waals surface area contributed by atoms with Gasteiger partial charge in [-0.3, -0.25) is 9.69 Å². The molecule has 3 aliphatic rings. The highest BCUT2D eigenvalue weighted by atomic mass is 16.2. The second-order valence-electron chi connectivity index (χ2n) is 8.89. The van der Waals surface area contributed by atoms with Crippen molar-refractivity contribution >= 4 is 17.3 Å². The Morgan fingerprint density at radius 1 is 1.00 bits per heavy atom. The number of piperidine rings is 1. The SMILES string of the molecule is NC1=CC=C2NC(=O)C(=C(Nc3ccc(CN4CCCCC4)cc3)c3ccccc3)C2C1. The number of fused-ring (bicyclic) bond motifs is 1. The fourth-order valence-corrected chi connectivity index (χ4v) is 4.87. The molecule has 0 bridgehead atoms. The van der Waals surface area contributed by atoms with Gasteiger partial charge in [-0.25, -0.2) is 0 Å². The van der Waals surface area contributed by atoms with Crippen LogP contribution < -0.4 is 16.4 Å². The summed E-state index contributed by atoms with van der Waals surface area (Å²) in [5.41, 5.74) is 12.7. The van der Waals surface area contributed by atoms with E-state index >= 15 is 0 Å². The molecule has 1 atom stereocenters. The van der Waals surface area contributed by atoms with Crippen molar-refractivity contribution in [2.45, 2.75) is 32.2 Å². The molecule has 2 aromatic carbocycles. The third kappa shape index (κ3) is 4.34. The third-order valence-electron chi connectivity index (χ3n) is 6.55. The Hall–Kier alpha value is -3.31. The van der Waals surface area contributed by atoms with Crippen LogP contribution in [-0.4, -0.2) is 23.9 Å². The molecule has 32 heavy (non-hydrogen) atoms. The maximum Gasteiger partial charge on any atom is 0.254 e. The standard InChI is InChI=1S/C27H30N4O/c28-21-11-14-24-23(17-21)25(27(32)30-24)26(20-7-3-1-4-8-20)29-22-12-9-19(10-13-22)18-31-15-5-2-6-16-31/h1,3-4,7-14,23,29H,2,5-6,15-18,28H2,(H,30,32). The van der Waals surface area contributed by atoms with Crippen molar-refractivity contribution in [3.05, 3.63) is 94.8 Å². The minimum absolute atomic E-state index is 0.0476. The summed E-state index contributed by atoms with van der Waals surface area (Å²) in [5, 5.41) is 6.60. The first-order chi connectivity index (χ1) is 15.7. The van der Waals surface area contributed by atoms with E-state index in [0.29, 0.717) is 6.42 Å². The summed E-state index contributed by atoms with van der Waals surface area (Å²) >= 11 is 0. The van der Waals surface area contributed by atoms with Gasteiger partial charge in [0.25, 0.3) is 5.91 Å². The van der Waals surface area contributed by atoms with Crippen LogP contribution in [0.4, 0.5) is 5.69 Å². The molecule has 4 N–H and O–H groups in total. The van der Waals surface area contributed by atoms with Crippen molar-refractivity contribution in [2.24, 2.45) is 11.7 Å². The summed E-state index contributed by atoms with van der Waals surface area (Å²) in [7, 11) is 0. The van der Waals surface area contributed by atoms with Crippen LogP contribution in [0, 0.1) is 5.92 Å². The molecule has 164 valence electrons. The molecule has 5 nitrogen and oxygen atoms in total. The van der Waals surface area contributed by atoms with Gasteiger partial charge < -0.3 is 16.4 Å². The zero-order chi connectivity index (χ0) is 21.9. The highest BCUT2D eigenvalue weighted by Gasteiger charge is 2.37. The van der Waals surface area contributed by atoms with E-state index < -0.39 is 0 Å². The van der Waals surface area contributed by atoms with Gasteiger partial charge in [0, 0.05) is 29.5 Å². The summed E-state index contributed by atoms with van der Waals surface area (Å²) in [5.74, 6) is -0.106. The number of nitrogens with one attached hydrogen (secondary N) is 2. The van der Waals surface area contributed by atoms with Crippen LogP contribution in [0.2, 0.25) is 0 Å². The number of anilines is 1. The van der Waals surface area contributed by atoms with Crippen LogP contribution in [0.25, 0.3) is 5.70 Å². The highest BCUT2D eigenvalue weighted by Crippen LogP contribution is 2.38. The van der Waals surface area contributed by atoms with Crippen molar-refractivity contribution < 1.29 is 4.79 Å². The van der Waals surface area contributed by atoms with Gasteiger partial charge in [0.1, 0.15) is 0 Å². The number of carbonyl (C=O) groups excluding carboxylic acids is 1. The van der Waals surface area contributed by atoms with Crippen LogP contribution in [0.15, 0.2) is 83.7 Å². The van der Waals surface area contributed by atoms with Gasteiger partial charge in [-0.05, 0) is 67.8 Å². The lowest BCUT2D eigenvalue weighted by molar-refractivity contribution is -0.115. The van der Waals surface area contributed by atoms with E-state index in [4.69, 9.17) is 5.73 Å². The number of allylic oxidation sites excluding steroid dienone is 4. The third-order valence-corrected chi connectivity index (χ3v) is 6.55. The zero-order valence-electron chi connectivity index (χ0n) is 18.3. The molecule has 2 aromatic rings. The Kier molecular flexibility index (Phi) is 5.82. The molecule has 5 rings (SSSR count). The van der Waals surface area contributed by atoms with E-state index in [1.165, 1.54) is 37.9 Å². The fraction of sp³-hybridized carbons (Fsp3) is 0.296. The molecule has 1 aliphatic carbocycles. The maximum absolute atomic E-state index is 13.0. The monoisotopic (exact) mass is 426 g/mol. The molecule has 0 saturated carbocycles. The van der Waals surface area contributed by atoms with Gasteiger partial charge in [0.15, 0.2) is 0 Å². The summed E-state index contributed by atoms with van der Waals surface area (Å²) < 4.78 is 0. The molecule has 2 saturated heterocycles. The van der Waals surface area contributed by atoms with E-state index in [-0.39, 0.29) is 11.8 Å². The lowest BCUT2D eigenvalue weighted by atomic mass is 9.88. The van der Waals surface area contributed by atoms with E-state index in [2.05, 4.69) is 39.8 Å². The van der Waals surface area contributed by atoms with E-state index in [0.717, 1.165) is 40.5 Å². The number of hydrogen-bond donors (Lipinski definition) is 3. The van der Waals surface area contributed by atoms with Crippen LogP contribution in [0.1, 0.15) is 36.8 Å². The average Bonchev–Trinajstić information content (AvgIpc) is 3.14. The summed E-state index contributed by atoms with van der Waals surface area (Å²) in [6, 6.07) is 18.7. The molecular weight excluding hydrogens is 396 g/mol. The largest absolute Gasteiger partial charge is 0.402 e. The highest BCUT2D eigenvalue weighted by molar-refractivity contribution is 6.07.